The Morgan fingerprint density at radius 3 is 2.11 bits per heavy atom. The fraction of sp³-hybridized carbons (Fsp3) is 0.0769. The Morgan fingerprint density at radius 1 is 1.11 bits per heavy atom. The summed E-state index contributed by atoms with van der Waals surface area (Å²) in [7, 11) is 0. The predicted octanol–water partition coefficient (Wildman–Crippen LogP) is 2.66. The molecule has 0 aliphatic heterocycles. The smallest absolute Gasteiger partial charge is 1.00 e. The Morgan fingerprint density at radius 2 is 1.68 bits per heavy atom. The van der Waals surface area contributed by atoms with Crippen molar-refractivity contribution >= 4 is 61.0 Å². The standard InChI is InChI=1S/C9H8O4.C4H4S.Ca.2H/c10-8(11)6-9(12)13-7-4-2-1-3-5-7;1-2-4-5-3-1;;;/h1-5H,6H2,(H,10,11);1-4H;;;/q;;+2;2*-1. The van der Waals surface area contributed by atoms with Crippen LogP contribution in [0.4, 0.5) is 0 Å². The minimum Gasteiger partial charge on any atom is -1.00 e. The van der Waals surface area contributed by atoms with Crippen molar-refractivity contribution < 1.29 is 22.3 Å². The van der Waals surface area contributed by atoms with Crippen LogP contribution in [0, 0.1) is 0 Å². The Labute approximate surface area is 148 Å². The Hall–Kier alpha value is -0.880. The molecule has 0 fully saturated rings. The van der Waals surface area contributed by atoms with Crippen LogP contribution in [0.5, 0.6) is 5.75 Å². The van der Waals surface area contributed by atoms with Crippen molar-refractivity contribution in [3.05, 3.63) is 53.2 Å². The number of esters is 1. The maximum absolute atomic E-state index is 10.8. The number of carboxylic acid groups (broad SMARTS) is 1. The molecule has 0 aliphatic rings. The molecule has 1 N–H and O–H groups in total. The second-order valence-electron chi connectivity index (χ2n) is 3.15. The number of hydrogen-bond donors (Lipinski definition) is 1. The first-order valence-corrected chi connectivity index (χ1v) is 6.07. The number of benzene rings is 1. The molecule has 0 bridgehead atoms. The topological polar surface area (TPSA) is 63.6 Å². The van der Waals surface area contributed by atoms with Gasteiger partial charge in [-0.3, -0.25) is 9.59 Å². The predicted molar refractivity (Wildman–Crippen MR) is 76.6 cm³/mol. The molecular weight excluding hydrogens is 292 g/mol. The summed E-state index contributed by atoms with van der Waals surface area (Å²) in [6, 6.07) is 12.4. The molecule has 0 saturated heterocycles. The van der Waals surface area contributed by atoms with Gasteiger partial charge in [0.05, 0.1) is 0 Å². The number of carboxylic acids is 1. The number of carbonyl (C=O) groups excluding carboxylic acids is 1. The van der Waals surface area contributed by atoms with Gasteiger partial charge in [-0.25, -0.2) is 0 Å². The van der Waals surface area contributed by atoms with E-state index in [1.54, 1.807) is 41.7 Å². The van der Waals surface area contributed by atoms with Gasteiger partial charge in [0.25, 0.3) is 0 Å². The molecule has 0 spiro atoms. The molecule has 6 heteroatoms. The molecule has 19 heavy (non-hydrogen) atoms. The van der Waals surface area contributed by atoms with Crippen LogP contribution in [0.15, 0.2) is 53.2 Å². The van der Waals surface area contributed by atoms with Crippen molar-refractivity contribution in [3.8, 4) is 5.75 Å². The fourth-order valence-electron chi connectivity index (χ4n) is 1.01. The summed E-state index contributed by atoms with van der Waals surface area (Å²) in [6.07, 6.45) is -0.616. The molecule has 0 radical (unpaired) electrons. The van der Waals surface area contributed by atoms with Crippen molar-refractivity contribution in [2.75, 3.05) is 0 Å². The summed E-state index contributed by atoms with van der Waals surface area (Å²) in [6.45, 7) is 0. The van der Waals surface area contributed by atoms with Crippen LogP contribution in [0.1, 0.15) is 9.27 Å². The van der Waals surface area contributed by atoms with E-state index in [-0.39, 0.29) is 40.6 Å². The summed E-state index contributed by atoms with van der Waals surface area (Å²) in [5.41, 5.74) is 0. The summed E-state index contributed by atoms with van der Waals surface area (Å²) in [5.74, 6) is -1.60. The minimum absolute atomic E-state index is 0. The van der Waals surface area contributed by atoms with E-state index >= 15 is 0 Å². The number of thiophene rings is 1. The molecule has 0 saturated carbocycles. The first-order chi connectivity index (χ1) is 8.68. The van der Waals surface area contributed by atoms with Crippen LogP contribution < -0.4 is 4.74 Å². The van der Waals surface area contributed by atoms with E-state index in [0.29, 0.717) is 5.75 Å². The van der Waals surface area contributed by atoms with Crippen molar-refractivity contribution in [2.45, 2.75) is 6.42 Å². The third-order valence-corrected chi connectivity index (χ3v) is 2.32. The number of ether oxygens (including phenoxy) is 1. The zero-order chi connectivity index (χ0) is 13.2. The molecule has 0 amide bonds. The van der Waals surface area contributed by atoms with Crippen molar-refractivity contribution in [1.29, 1.82) is 0 Å². The third kappa shape index (κ3) is 9.67. The number of carbonyl (C=O) groups is 2. The summed E-state index contributed by atoms with van der Waals surface area (Å²) in [4.78, 5) is 20.9. The van der Waals surface area contributed by atoms with Crippen LogP contribution in [-0.4, -0.2) is 54.8 Å². The quantitative estimate of drug-likeness (QED) is 0.410. The van der Waals surface area contributed by atoms with Crippen molar-refractivity contribution in [1.82, 2.24) is 0 Å². The van der Waals surface area contributed by atoms with E-state index < -0.39 is 18.4 Å². The van der Waals surface area contributed by atoms with E-state index in [4.69, 9.17) is 9.84 Å². The van der Waals surface area contributed by atoms with Gasteiger partial charge in [-0.2, -0.15) is 11.3 Å². The molecule has 0 unspecified atom stereocenters. The van der Waals surface area contributed by atoms with Crippen LogP contribution in [0.2, 0.25) is 0 Å². The molecule has 98 valence electrons. The normalized spacial score (nSPS) is 8.42. The van der Waals surface area contributed by atoms with Gasteiger partial charge in [0.2, 0.25) is 0 Å². The van der Waals surface area contributed by atoms with Gasteiger partial charge in [0.15, 0.2) is 0 Å². The van der Waals surface area contributed by atoms with E-state index in [1.807, 2.05) is 22.9 Å². The van der Waals surface area contributed by atoms with E-state index in [9.17, 15) is 9.59 Å². The maximum Gasteiger partial charge on any atom is 2.00 e. The van der Waals surface area contributed by atoms with Crippen molar-refractivity contribution in [3.63, 3.8) is 0 Å². The monoisotopic (exact) mass is 306 g/mol. The van der Waals surface area contributed by atoms with E-state index in [0.717, 1.165) is 0 Å². The first kappa shape index (κ1) is 18.1. The van der Waals surface area contributed by atoms with Crippen LogP contribution in [0.3, 0.4) is 0 Å². The fourth-order valence-corrected chi connectivity index (χ4v) is 1.46. The number of aliphatic carboxylic acids is 1. The Balaban J connectivity index is -0.000000349. The first-order valence-electron chi connectivity index (χ1n) is 5.13. The molecule has 4 nitrogen and oxygen atoms in total. The van der Waals surface area contributed by atoms with Crippen LogP contribution in [-0.2, 0) is 9.59 Å². The number of para-hydroxylation sites is 1. The molecule has 1 heterocycles. The average Bonchev–Trinajstić information content (AvgIpc) is 2.87. The molecule has 1 aromatic carbocycles. The Kier molecular flexibility index (Phi) is 10.5. The van der Waals surface area contributed by atoms with Gasteiger partial charge in [-0.1, -0.05) is 30.3 Å². The average molecular weight is 306 g/mol. The molecule has 2 rings (SSSR count). The molecule has 0 atom stereocenters. The zero-order valence-electron chi connectivity index (χ0n) is 12.2. The summed E-state index contributed by atoms with van der Waals surface area (Å²) in [5, 5.41) is 12.3. The Bertz CT molecular complexity index is 463. The van der Waals surface area contributed by atoms with Gasteiger partial charge in [0.1, 0.15) is 12.2 Å². The zero-order valence-corrected chi connectivity index (χ0v) is 13.2. The van der Waals surface area contributed by atoms with E-state index in [1.165, 1.54) is 0 Å². The van der Waals surface area contributed by atoms with Gasteiger partial charge >= 0.3 is 49.7 Å². The molecule has 2 aromatic rings. The summed E-state index contributed by atoms with van der Waals surface area (Å²) < 4.78 is 4.71. The van der Waals surface area contributed by atoms with Crippen LogP contribution >= 0.6 is 11.3 Å². The SMILES string of the molecule is O=C(O)CC(=O)Oc1ccccc1.[Ca+2].[H-].[H-].c1ccsc1. The minimum atomic E-state index is -1.19. The van der Waals surface area contributed by atoms with E-state index in [2.05, 4.69) is 0 Å². The third-order valence-electron chi connectivity index (χ3n) is 1.70. The second-order valence-corrected chi connectivity index (χ2v) is 3.97. The molecule has 0 aliphatic carbocycles. The number of hydrogen-bond acceptors (Lipinski definition) is 4. The van der Waals surface area contributed by atoms with Crippen molar-refractivity contribution in [2.24, 2.45) is 0 Å². The molecule has 1 aromatic heterocycles. The van der Waals surface area contributed by atoms with Gasteiger partial charge in [-0.05, 0) is 22.9 Å². The van der Waals surface area contributed by atoms with Gasteiger partial charge < -0.3 is 12.7 Å². The largest absolute Gasteiger partial charge is 2.00 e. The number of rotatable bonds is 3. The summed E-state index contributed by atoms with van der Waals surface area (Å²) >= 11 is 1.71. The van der Waals surface area contributed by atoms with Gasteiger partial charge in [0, 0.05) is 0 Å². The van der Waals surface area contributed by atoms with Gasteiger partial charge in [-0.15, -0.1) is 0 Å². The second kappa shape index (κ2) is 11.0. The molecular formula is C13H14CaO4S. The maximum atomic E-state index is 10.8. The van der Waals surface area contributed by atoms with Crippen LogP contribution in [0.25, 0.3) is 0 Å².